The van der Waals surface area contributed by atoms with E-state index in [0.29, 0.717) is 5.69 Å². The van der Waals surface area contributed by atoms with Crippen molar-refractivity contribution in [1.82, 2.24) is 14.9 Å². The first kappa shape index (κ1) is 22.6. The summed E-state index contributed by atoms with van der Waals surface area (Å²) in [4.78, 5) is 29.9. The number of amides is 2. The van der Waals surface area contributed by atoms with Gasteiger partial charge in [0.15, 0.2) is 0 Å². The smallest absolute Gasteiger partial charge is 0.257 e. The molecule has 2 heterocycles. The van der Waals surface area contributed by atoms with Crippen molar-refractivity contribution in [3.8, 4) is 11.4 Å². The number of nitrogens with zero attached hydrogens (tertiary/aromatic N) is 2. The van der Waals surface area contributed by atoms with E-state index in [1.54, 1.807) is 26.0 Å². The second-order valence-electron chi connectivity index (χ2n) is 8.54. The first-order valence-electron chi connectivity index (χ1n) is 11.1. The van der Waals surface area contributed by atoms with Crippen LogP contribution in [0.15, 0.2) is 48.7 Å². The predicted octanol–water partition coefficient (Wildman–Crippen LogP) is 4.56. The van der Waals surface area contributed by atoms with Gasteiger partial charge in [-0.15, -0.1) is 0 Å². The summed E-state index contributed by atoms with van der Waals surface area (Å²) in [7, 11) is 0. The molecule has 0 saturated carbocycles. The molecule has 0 aliphatic carbocycles. The Morgan fingerprint density at radius 3 is 2.39 bits per heavy atom. The minimum atomic E-state index is -0.979. The highest BCUT2D eigenvalue weighted by molar-refractivity contribution is 6.01. The lowest BCUT2D eigenvalue weighted by molar-refractivity contribution is -0.118. The molecule has 172 valence electrons. The lowest BCUT2D eigenvalue weighted by Crippen LogP contribution is -2.47. The lowest BCUT2D eigenvalue weighted by Gasteiger charge is -2.22. The zero-order valence-corrected chi connectivity index (χ0v) is 18.6. The van der Waals surface area contributed by atoms with Crippen molar-refractivity contribution < 1.29 is 18.4 Å². The van der Waals surface area contributed by atoms with Crippen LogP contribution < -0.4 is 10.6 Å². The number of nitrogens with one attached hydrogen (secondary N) is 2. The van der Waals surface area contributed by atoms with Crippen molar-refractivity contribution in [2.75, 3.05) is 5.32 Å². The largest absolute Gasteiger partial charge is 0.340 e. The van der Waals surface area contributed by atoms with E-state index in [4.69, 9.17) is 0 Å². The quantitative estimate of drug-likeness (QED) is 0.576. The molecular formula is C25H26F2N4O2. The number of carbonyl (C=O) groups is 2. The van der Waals surface area contributed by atoms with Crippen molar-refractivity contribution in [3.63, 3.8) is 0 Å². The third-order valence-corrected chi connectivity index (χ3v) is 5.84. The highest BCUT2D eigenvalue weighted by atomic mass is 19.1. The van der Waals surface area contributed by atoms with Gasteiger partial charge < -0.3 is 15.2 Å². The molecule has 2 amide bonds. The van der Waals surface area contributed by atoms with Gasteiger partial charge in [0.05, 0.1) is 0 Å². The van der Waals surface area contributed by atoms with Gasteiger partial charge in [-0.05, 0) is 61.6 Å². The standard InChI is InChI=1S/C25H26F2N4O2/c1-15(2)22(30-24(32)21-19(26)7-5-8-20(21)27)25(33)29-17-11-9-16(10-12-17)23-28-14-18-6-3-4-13-31(18)23/h5,7-12,14-15,22H,3-4,6,13H2,1-2H3,(H,29,33)(H,30,32). The summed E-state index contributed by atoms with van der Waals surface area (Å²) in [6, 6.07) is 9.52. The van der Waals surface area contributed by atoms with E-state index in [0.717, 1.165) is 42.9 Å². The fourth-order valence-corrected chi connectivity index (χ4v) is 4.05. The Morgan fingerprint density at radius 2 is 1.73 bits per heavy atom. The zero-order chi connectivity index (χ0) is 23.5. The van der Waals surface area contributed by atoms with Crippen LogP contribution in [0.25, 0.3) is 11.4 Å². The summed E-state index contributed by atoms with van der Waals surface area (Å²) in [6.07, 6.45) is 5.25. The van der Waals surface area contributed by atoms with E-state index in [-0.39, 0.29) is 5.92 Å². The normalized spacial score (nSPS) is 14.0. The number of benzene rings is 2. The molecule has 1 aliphatic rings. The summed E-state index contributed by atoms with van der Waals surface area (Å²) in [5.74, 6) is -2.81. The Balaban J connectivity index is 1.46. The van der Waals surface area contributed by atoms with Gasteiger partial charge in [0.25, 0.3) is 5.91 Å². The number of hydrogen-bond acceptors (Lipinski definition) is 3. The fraction of sp³-hybridized carbons (Fsp3) is 0.320. The van der Waals surface area contributed by atoms with Crippen LogP contribution in [0.5, 0.6) is 0 Å². The fourth-order valence-electron chi connectivity index (χ4n) is 4.05. The van der Waals surface area contributed by atoms with Crippen LogP contribution in [-0.2, 0) is 17.8 Å². The molecule has 1 unspecified atom stereocenters. The van der Waals surface area contributed by atoms with Crippen LogP contribution in [0.4, 0.5) is 14.5 Å². The van der Waals surface area contributed by atoms with E-state index < -0.39 is 35.1 Å². The molecule has 0 saturated heterocycles. The number of halogens is 2. The molecular weight excluding hydrogens is 426 g/mol. The van der Waals surface area contributed by atoms with Gasteiger partial charge in [-0.25, -0.2) is 13.8 Å². The molecule has 8 heteroatoms. The van der Waals surface area contributed by atoms with E-state index in [1.807, 2.05) is 18.3 Å². The third-order valence-electron chi connectivity index (χ3n) is 5.84. The topological polar surface area (TPSA) is 76.0 Å². The van der Waals surface area contributed by atoms with Crippen molar-refractivity contribution in [2.24, 2.45) is 5.92 Å². The molecule has 2 N–H and O–H groups in total. The molecule has 0 fully saturated rings. The average molecular weight is 453 g/mol. The number of fused-ring (bicyclic) bond motifs is 1. The van der Waals surface area contributed by atoms with Crippen LogP contribution in [0, 0.1) is 17.6 Å². The van der Waals surface area contributed by atoms with Gasteiger partial charge in [-0.2, -0.15) is 0 Å². The van der Waals surface area contributed by atoms with E-state index >= 15 is 0 Å². The van der Waals surface area contributed by atoms with Crippen LogP contribution in [0.1, 0.15) is 42.7 Å². The molecule has 3 aromatic rings. The Kier molecular flexibility index (Phi) is 6.53. The summed E-state index contributed by atoms with van der Waals surface area (Å²) in [5.41, 5.74) is 2.02. The van der Waals surface area contributed by atoms with Crippen LogP contribution >= 0.6 is 0 Å². The van der Waals surface area contributed by atoms with Crippen molar-refractivity contribution >= 4 is 17.5 Å². The molecule has 0 bridgehead atoms. The maximum atomic E-state index is 14.0. The number of aryl methyl sites for hydroxylation is 1. The van der Waals surface area contributed by atoms with Crippen molar-refractivity contribution in [1.29, 1.82) is 0 Å². The first-order chi connectivity index (χ1) is 15.8. The monoisotopic (exact) mass is 452 g/mol. The lowest BCUT2D eigenvalue weighted by atomic mass is 10.0. The molecule has 2 aromatic carbocycles. The minimum Gasteiger partial charge on any atom is -0.340 e. The van der Waals surface area contributed by atoms with Crippen molar-refractivity contribution in [2.45, 2.75) is 45.7 Å². The molecule has 0 radical (unpaired) electrons. The van der Waals surface area contributed by atoms with Gasteiger partial charge in [0.2, 0.25) is 5.91 Å². The van der Waals surface area contributed by atoms with Crippen LogP contribution in [0.2, 0.25) is 0 Å². The van der Waals surface area contributed by atoms with Gasteiger partial charge in [0.1, 0.15) is 29.1 Å². The van der Waals surface area contributed by atoms with Crippen LogP contribution in [-0.4, -0.2) is 27.4 Å². The zero-order valence-electron chi connectivity index (χ0n) is 18.6. The Labute approximate surface area is 191 Å². The molecule has 1 aromatic heterocycles. The maximum Gasteiger partial charge on any atom is 0.257 e. The van der Waals surface area contributed by atoms with Gasteiger partial charge >= 0.3 is 0 Å². The summed E-state index contributed by atoms with van der Waals surface area (Å²) >= 11 is 0. The summed E-state index contributed by atoms with van der Waals surface area (Å²) in [5, 5.41) is 5.23. The minimum absolute atomic E-state index is 0.306. The highest BCUT2D eigenvalue weighted by Crippen LogP contribution is 2.25. The van der Waals surface area contributed by atoms with Crippen LogP contribution in [0.3, 0.4) is 0 Å². The SMILES string of the molecule is CC(C)C(NC(=O)c1c(F)cccc1F)C(=O)Nc1ccc(-c2ncc3n2CCCC3)cc1. The Morgan fingerprint density at radius 1 is 1.03 bits per heavy atom. The number of rotatable bonds is 6. The van der Waals surface area contributed by atoms with Gasteiger partial charge in [-0.3, -0.25) is 9.59 Å². The highest BCUT2D eigenvalue weighted by Gasteiger charge is 2.27. The number of anilines is 1. The van der Waals surface area contributed by atoms with E-state index in [2.05, 4.69) is 20.2 Å². The van der Waals surface area contributed by atoms with E-state index in [9.17, 15) is 18.4 Å². The maximum absolute atomic E-state index is 14.0. The average Bonchev–Trinajstić information content (AvgIpc) is 3.22. The number of aromatic nitrogens is 2. The van der Waals surface area contributed by atoms with Gasteiger partial charge in [0, 0.05) is 29.7 Å². The summed E-state index contributed by atoms with van der Waals surface area (Å²) in [6.45, 7) is 4.43. The number of carbonyl (C=O) groups excluding carboxylic acids is 2. The predicted molar refractivity (Wildman–Crippen MR) is 122 cm³/mol. The van der Waals surface area contributed by atoms with E-state index in [1.165, 1.54) is 18.2 Å². The molecule has 1 atom stereocenters. The molecule has 1 aliphatic heterocycles. The number of hydrogen-bond donors (Lipinski definition) is 2. The molecule has 0 spiro atoms. The molecule has 4 rings (SSSR count). The summed E-state index contributed by atoms with van der Waals surface area (Å²) < 4.78 is 30.1. The first-order valence-corrected chi connectivity index (χ1v) is 11.1. The Bertz CT molecular complexity index is 1150. The molecule has 33 heavy (non-hydrogen) atoms. The molecule has 6 nitrogen and oxygen atoms in total. The van der Waals surface area contributed by atoms with Gasteiger partial charge in [-0.1, -0.05) is 19.9 Å². The second kappa shape index (κ2) is 9.52. The van der Waals surface area contributed by atoms with Crippen molar-refractivity contribution in [3.05, 3.63) is 71.6 Å². The third kappa shape index (κ3) is 4.79. The number of imidazole rings is 1. The second-order valence-corrected chi connectivity index (χ2v) is 8.54. The Hall–Kier alpha value is -3.55.